The second kappa shape index (κ2) is 7.37. The Morgan fingerprint density at radius 1 is 1.03 bits per heavy atom. The Bertz CT molecular complexity index is 1260. The molecule has 30 heavy (non-hydrogen) atoms. The minimum absolute atomic E-state index is 0.106. The summed E-state index contributed by atoms with van der Waals surface area (Å²) < 4.78 is 27.0. The maximum atomic E-state index is 13.9. The Morgan fingerprint density at radius 2 is 1.90 bits per heavy atom. The Morgan fingerprint density at radius 3 is 2.67 bits per heavy atom. The van der Waals surface area contributed by atoms with E-state index in [1.54, 1.807) is 24.5 Å². The van der Waals surface area contributed by atoms with Crippen LogP contribution < -0.4 is 5.32 Å². The number of hydrogen-bond donors (Lipinski definition) is 1. The van der Waals surface area contributed by atoms with E-state index in [1.165, 1.54) is 24.8 Å². The highest BCUT2D eigenvalue weighted by molar-refractivity contribution is 5.85. The molecule has 1 saturated carbocycles. The minimum atomic E-state index is -0.797. The number of rotatable bonds is 4. The summed E-state index contributed by atoms with van der Waals surface area (Å²) in [4.78, 5) is 21.7. The quantitative estimate of drug-likeness (QED) is 0.511. The van der Waals surface area contributed by atoms with Gasteiger partial charge in [-0.05, 0) is 43.4 Å². The van der Waals surface area contributed by atoms with Crippen LogP contribution in [0.2, 0.25) is 0 Å². The van der Waals surface area contributed by atoms with Gasteiger partial charge in [-0.2, -0.15) is 0 Å². The number of aryl methyl sites for hydroxylation is 1. The van der Waals surface area contributed by atoms with Crippen LogP contribution in [0.4, 0.5) is 20.4 Å². The Kier molecular flexibility index (Phi) is 4.54. The number of nitrogens with one attached hydrogen (secondary N) is 1. The average molecular weight is 404 g/mol. The van der Waals surface area contributed by atoms with Crippen LogP contribution in [-0.4, -0.2) is 24.9 Å². The summed E-state index contributed by atoms with van der Waals surface area (Å²) in [6.45, 7) is 1.98. The first-order valence-corrected chi connectivity index (χ1v) is 9.75. The van der Waals surface area contributed by atoms with Gasteiger partial charge in [0.2, 0.25) is 0 Å². The van der Waals surface area contributed by atoms with E-state index in [9.17, 15) is 8.78 Å². The molecule has 150 valence electrons. The molecule has 0 bridgehead atoms. The summed E-state index contributed by atoms with van der Waals surface area (Å²) in [7, 11) is 0. The zero-order valence-electron chi connectivity index (χ0n) is 16.2. The third-order valence-corrected chi connectivity index (χ3v) is 5.43. The third-order valence-electron chi connectivity index (χ3n) is 5.43. The van der Waals surface area contributed by atoms with Crippen LogP contribution >= 0.6 is 0 Å². The van der Waals surface area contributed by atoms with Gasteiger partial charge >= 0.3 is 0 Å². The molecule has 0 aromatic carbocycles. The summed E-state index contributed by atoms with van der Waals surface area (Å²) in [5.74, 6) is -0.224. The van der Waals surface area contributed by atoms with Gasteiger partial charge in [0.15, 0.2) is 17.5 Å². The van der Waals surface area contributed by atoms with Crippen LogP contribution in [0.1, 0.15) is 36.4 Å². The standard InChI is InChI=1S/C22H18F2N6/c1-12-20-16(13-3-2-4-13)10-25-11-18(20)29-21(28-12)14-5-6-26-19(7-14)30-22-17(24)8-15(23)9-27-22/h5-11,13H,2-4H2,1H3,(H,26,27,30). The molecule has 1 fully saturated rings. The molecule has 0 spiro atoms. The van der Waals surface area contributed by atoms with Crippen molar-refractivity contribution in [3.8, 4) is 11.4 Å². The molecule has 0 amide bonds. The van der Waals surface area contributed by atoms with Crippen molar-refractivity contribution in [2.75, 3.05) is 5.32 Å². The molecule has 1 N–H and O–H groups in total. The Hall–Kier alpha value is -3.55. The van der Waals surface area contributed by atoms with Gasteiger partial charge in [-0.1, -0.05) is 6.42 Å². The lowest BCUT2D eigenvalue weighted by Crippen LogP contribution is -2.11. The van der Waals surface area contributed by atoms with E-state index < -0.39 is 11.6 Å². The van der Waals surface area contributed by atoms with Crippen LogP contribution in [0.25, 0.3) is 22.3 Å². The number of aromatic nitrogens is 5. The molecule has 0 saturated heterocycles. The fraction of sp³-hybridized carbons (Fsp3) is 0.227. The van der Waals surface area contributed by atoms with E-state index in [-0.39, 0.29) is 5.82 Å². The van der Waals surface area contributed by atoms with Crippen LogP contribution in [0.5, 0.6) is 0 Å². The van der Waals surface area contributed by atoms with E-state index in [2.05, 4.69) is 20.3 Å². The maximum absolute atomic E-state index is 13.9. The topological polar surface area (TPSA) is 76.5 Å². The highest BCUT2D eigenvalue weighted by Crippen LogP contribution is 2.39. The molecule has 0 atom stereocenters. The molecule has 0 radical (unpaired) electrons. The minimum Gasteiger partial charge on any atom is -0.322 e. The monoisotopic (exact) mass is 404 g/mol. The van der Waals surface area contributed by atoms with Crippen molar-refractivity contribution >= 4 is 22.5 Å². The van der Waals surface area contributed by atoms with Crippen molar-refractivity contribution in [3.05, 3.63) is 65.9 Å². The second-order valence-electron chi connectivity index (χ2n) is 7.42. The summed E-state index contributed by atoms with van der Waals surface area (Å²) >= 11 is 0. The van der Waals surface area contributed by atoms with Crippen molar-refractivity contribution in [2.24, 2.45) is 0 Å². The highest BCUT2D eigenvalue weighted by Gasteiger charge is 2.23. The van der Waals surface area contributed by atoms with Gasteiger partial charge in [-0.25, -0.2) is 28.7 Å². The predicted octanol–water partition coefficient (Wildman–Crippen LogP) is 5.08. The lowest BCUT2D eigenvalue weighted by Gasteiger charge is -2.26. The fourth-order valence-corrected chi connectivity index (χ4v) is 3.72. The van der Waals surface area contributed by atoms with Crippen molar-refractivity contribution in [3.63, 3.8) is 0 Å². The first-order valence-electron chi connectivity index (χ1n) is 9.75. The maximum Gasteiger partial charge on any atom is 0.168 e. The van der Waals surface area contributed by atoms with E-state index in [0.717, 1.165) is 28.9 Å². The zero-order valence-corrected chi connectivity index (χ0v) is 16.2. The van der Waals surface area contributed by atoms with E-state index in [0.29, 0.717) is 23.1 Å². The van der Waals surface area contributed by atoms with Gasteiger partial charge in [-0.15, -0.1) is 0 Å². The van der Waals surface area contributed by atoms with Crippen molar-refractivity contribution in [1.82, 2.24) is 24.9 Å². The van der Waals surface area contributed by atoms with Crippen LogP contribution in [-0.2, 0) is 0 Å². The van der Waals surface area contributed by atoms with Gasteiger partial charge in [0.1, 0.15) is 11.6 Å². The number of hydrogen-bond acceptors (Lipinski definition) is 6. The number of fused-ring (bicyclic) bond motifs is 1. The van der Waals surface area contributed by atoms with E-state index in [1.807, 2.05) is 13.1 Å². The lowest BCUT2D eigenvalue weighted by atomic mass is 9.79. The summed E-state index contributed by atoms with van der Waals surface area (Å²) in [5.41, 5.74) is 3.64. The summed E-state index contributed by atoms with van der Waals surface area (Å²) in [6.07, 6.45) is 9.80. The number of anilines is 2. The predicted molar refractivity (Wildman–Crippen MR) is 109 cm³/mol. The van der Waals surface area contributed by atoms with Gasteiger partial charge < -0.3 is 5.32 Å². The number of pyridine rings is 3. The van der Waals surface area contributed by atoms with Crippen LogP contribution in [0.15, 0.2) is 43.0 Å². The van der Waals surface area contributed by atoms with Gasteiger partial charge in [0.05, 0.1) is 17.9 Å². The van der Waals surface area contributed by atoms with Crippen molar-refractivity contribution in [1.29, 1.82) is 0 Å². The highest BCUT2D eigenvalue weighted by atomic mass is 19.1. The Balaban J connectivity index is 1.52. The molecule has 8 heteroatoms. The first-order chi connectivity index (χ1) is 14.6. The summed E-state index contributed by atoms with van der Waals surface area (Å²) in [5, 5.41) is 3.84. The van der Waals surface area contributed by atoms with Gasteiger partial charge in [0, 0.05) is 35.1 Å². The SMILES string of the molecule is Cc1nc(-c2ccnc(Nc3ncc(F)cc3F)c2)nc2cncc(C3CCC3)c12. The van der Waals surface area contributed by atoms with Gasteiger partial charge in [-0.3, -0.25) is 4.98 Å². The number of halogens is 2. The molecular formula is C22H18F2N6. The normalized spacial score (nSPS) is 14.0. The molecule has 0 aliphatic heterocycles. The average Bonchev–Trinajstić information content (AvgIpc) is 2.69. The molecule has 1 aliphatic rings. The molecule has 0 unspecified atom stereocenters. The van der Waals surface area contributed by atoms with Gasteiger partial charge in [0.25, 0.3) is 0 Å². The molecule has 1 aliphatic carbocycles. The molecule has 4 aromatic rings. The smallest absolute Gasteiger partial charge is 0.168 e. The fourth-order valence-electron chi connectivity index (χ4n) is 3.72. The first kappa shape index (κ1) is 18.5. The zero-order chi connectivity index (χ0) is 20.7. The second-order valence-corrected chi connectivity index (χ2v) is 7.42. The summed E-state index contributed by atoms with van der Waals surface area (Å²) in [6, 6.07) is 4.25. The molecule has 5 rings (SSSR count). The van der Waals surface area contributed by atoms with Crippen molar-refractivity contribution < 1.29 is 8.78 Å². The molecule has 4 heterocycles. The Labute approximate surface area is 171 Å². The molecule has 6 nitrogen and oxygen atoms in total. The lowest BCUT2D eigenvalue weighted by molar-refractivity contribution is 0.421. The van der Waals surface area contributed by atoms with E-state index in [4.69, 9.17) is 9.97 Å². The molecular weight excluding hydrogens is 386 g/mol. The third kappa shape index (κ3) is 3.34. The number of nitrogens with zero attached hydrogens (tertiary/aromatic N) is 5. The van der Waals surface area contributed by atoms with E-state index >= 15 is 0 Å². The molecule has 4 aromatic heterocycles. The van der Waals surface area contributed by atoms with Crippen LogP contribution in [0.3, 0.4) is 0 Å². The van der Waals surface area contributed by atoms with Crippen LogP contribution in [0, 0.1) is 18.6 Å². The largest absolute Gasteiger partial charge is 0.322 e. The van der Waals surface area contributed by atoms with Crippen molar-refractivity contribution in [2.45, 2.75) is 32.1 Å².